The van der Waals surface area contributed by atoms with Gasteiger partial charge in [0.25, 0.3) is 0 Å². The zero-order chi connectivity index (χ0) is 16.9. The van der Waals surface area contributed by atoms with Gasteiger partial charge in [-0.25, -0.2) is 9.97 Å². The van der Waals surface area contributed by atoms with Crippen LogP contribution < -0.4 is 10.6 Å². The summed E-state index contributed by atoms with van der Waals surface area (Å²) in [7, 11) is 0. The van der Waals surface area contributed by atoms with Gasteiger partial charge in [-0.1, -0.05) is 42.1 Å². The second kappa shape index (κ2) is 8.04. The fourth-order valence-corrected chi connectivity index (χ4v) is 3.56. The van der Waals surface area contributed by atoms with E-state index < -0.39 is 0 Å². The van der Waals surface area contributed by atoms with E-state index in [2.05, 4.69) is 20.6 Å². The molecule has 0 saturated heterocycles. The van der Waals surface area contributed by atoms with Crippen molar-refractivity contribution in [1.82, 2.24) is 9.97 Å². The molecule has 24 heavy (non-hydrogen) atoms. The molecule has 0 bridgehead atoms. The minimum absolute atomic E-state index is 0.542. The van der Waals surface area contributed by atoms with Crippen LogP contribution in [0.5, 0.6) is 0 Å². The van der Waals surface area contributed by atoms with E-state index in [1.807, 2.05) is 25.1 Å². The molecule has 2 N–H and O–H groups in total. The van der Waals surface area contributed by atoms with Crippen molar-refractivity contribution in [2.24, 2.45) is 0 Å². The van der Waals surface area contributed by atoms with Gasteiger partial charge >= 0.3 is 0 Å². The Balaban J connectivity index is 1.59. The second-order valence-corrected chi connectivity index (χ2v) is 7.07. The van der Waals surface area contributed by atoms with E-state index in [0.717, 1.165) is 36.0 Å². The van der Waals surface area contributed by atoms with Crippen molar-refractivity contribution in [2.45, 2.75) is 45.1 Å². The van der Waals surface area contributed by atoms with Gasteiger partial charge in [0.05, 0.1) is 0 Å². The molecule has 1 heterocycles. The number of rotatable bonds is 6. The molecule has 0 radical (unpaired) electrons. The maximum atomic E-state index is 6.21. The molecule has 1 aromatic heterocycles. The van der Waals surface area contributed by atoms with Gasteiger partial charge in [-0.3, -0.25) is 0 Å². The molecular weight excluding hydrogens is 343 g/mol. The molecule has 128 valence electrons. The maximum absolute atomic E-state index is 6.21. The monoisotopic (exact) mass is 364 g/mol. The van der Waals surface area contributed by atoms with E-state index in [4.69, 9.17) is 23.2 Å². The maximum Gasteiger partial charge on any atom is 0.132 e. The van der Waals surface area contributed by atoms with Gasteiger partial charge < -0.3 is 10.6 Å². The summed E-state index contributed by atoms with van der Waals surface area (Å²) in [5, 5.41) is 8.24. The summed E-state index contributed by atoms with van der Waals surface area (Å²) in [6, 6.07) is 8.12. The smallest absolute Gasteiger partial charge is 0.132 e. The van der Waals surface area contributed by atoms with Gasteiger partial charge in [-0.15, -0.1) is 0 Å². The van der Waals surface area contributed by atoms with Crippen molar-refractivity contribution in [3.05, 3.63) is 45.7 Å². The fraction of sp³-hybridized carbons (Fsp3) is 0.444. The first-order valence-corrected chi connectivity index (χ1v) is 9.16. The first kappa shape index (κ1) is 17.3. The zero-order valence-electron chi connectivity index (χ0n) is 13.8. The second-order valence-electron chi connectivity index (χ2n) is 6.22. The number of aryl methyl sites for hydroxylation is 1. The lowest BCUT2D eigenvalue weighted by Crippen LogP contribution is -2.16. The molecule has 6 heteroatoms. The topological polar surface area (TPSA) is 49.8 Å². The van der Waals surface area contributed by atoms with Gasteiger partial charge in [0, 0.05) is 28.7 Å². The van der Waals surface area contributed by atoms with E-state index in [-0.39, 0.29) is 0 Å². The SMILES string of the molecule is Cc1nc(NCCc2ccc(Cl)cc2Cl)cc(NC2CCCC2)n1. The number of anilines is 2. The third-order valence-electron chi connectivity index (χ3n) is 4.26. The largest absolute Gasteiger partial charge is 0.370 e. The molecule has 1 aromatic carbocycles. The van der Waals surface area contributed by atoms with Crippen molar-refractivity contribution in [1.29, 1.82) is 0 Å². The van der Waals surface area contributed by atoms with Crippen LogP contribution in [0.1, 0.15) is 37.1 Å². The minimum Gasteiger partial charge on any atom is -0.370 e. The number of halogens is 2. The number of benzene rings is 1. The molecule has 1 fully saturated rings. The lowest BCUT2D eigenvalue weighted by atomic mass is 10.1. The quantitative estimate of drug-likeness (QED) is 0.748. The fourth-order valence-electron chi connectivity index (χ4n) is 3.06. The Morgan fingerprint density at radius 3 is 2.58 bits per heavy atom. The Kier molecular flexibility index (Phi) is 5.80. The van der Waals surface area contributed by atoms with Crippen LogP contribution in [0.2, 0.25) is 10.0 Å². The van der Waals surface area contributed by atoms with E-state index in [9.17, 15) is 0 Å². The average Bonchev–Trinajstić information content (AvgIpc) is 3.02. The normalized spacial score (nSPS) is 14.8. The van der Waals surface area contributed by atoms with Crippen molar-refractivity contribution in [3.8, 4) is 0 Å². The highest BCUT2D eigenvalue weighted by molar-refractivity contribution is 6.35. The molecule has 0 unspecified atom stereocenters. The van der Waals surface area contributed by atoms with Crippen LogP contribution in [0.3, 0.4) is 0 Å². The Labute approximate surface area is 153 Å². The molecule has 3 rings (SSSR count). The van der Waals surface area contributed by atoms with Crippen LogP contribution in [-0.2, 0) is 6.42 Å². The molecule has 1 aliphatic rings. The predicted molar refractivity (Wildman–Crippen MR) is 101 cm³/mol. The molecule has 0 amide bonds. The van der Waals surface area contributed by atoms with E-state index in [1.165, 1.54) is 25.7 Å². The molecule has 2 aromatic rings. The van der Waals surface area contributed by atoms with Crippen LogP contribution >= 0.6 is 23.2 Å². The van der Waals surface area contributed by atoms with Crippen LogP contribution in [0.15, 0.2) is 24.3 Å². The molecule has 4 nitrogen and oxygen atoms in total. The number of nitrogens with one attached hydrogen (secondary N) is 2. The number of nitrogens with zero attached hydrogens (tertiary/aromatic N) is 2. The Hall–Kier alpha value is -1.52. The van der Waals surface area contributed by atoms with E-state index in [1.54, 1.807) is 6.07 Å². The van der Waals surface area contributed by atoms with Crippen molar-refractivity contribution in [3.63, 3.8) is 0 Å². The average molecular weight is 365 g/mol. The Morgan fingerprint density at radius 1 is 1.08 bits per heavy atom. The minimum atomic E-state index is 0.542. The van der Waals surface area contributed by atoms with E-state index >= 15 is 0 Å². The van der Waals surface area contributed by atoms with Crippen LogP contribution in [-0.4, -0.2) is 22.6 Å². The highest BCUT2D eigenvalue weighted by atomic mass is 35.5. The van der Waals surface area contributed by atoms with Gasteiger partial charge in [-0.05, 0) is 43.9 Å². The van der Waals surface area contributed by atoms with Gasteiger partial charge in [0.2, 0.25) is 0 Å². The summed E-state index contributed by atoms with van der Waals surface area (Å²) in [5.41, 5.74) is 1.07. The third kappa shape index (κ3) is 4.74. The van der Waals surface area contributed by atoms with Crippen molar-refractivity contribution in [2.75, 3.05) is 17.2 Å². The van der Waals surface area contributed by atoms with E-state index in [0.29, 0.717) is 16.1 Å². The van der Waals surface area contributed by atoms with Gasteiger partial charge in [0.15, 0.2) is 0 Å². The molecule has 1 aliphatic carbocycles. The first-order chi connectivity index (χ1) is 11.6. The highest BCUT2D eigenvalue weighted by Crippen LogP contribution is 2.23. The van der Waals surface area contributed by atoms with Crippen LogP contribution in [0.25, 0.3) is 0 Å². The molecular formula is C18H22Cl2N4. The first-order valence-electron chi connectivity index (χ1n) is 8.40. The highest BCUT2D eigenvalue weighted by Gasteiger charge is 2.15. The molecule has 0 spiro atoms. The summed E-state index contributed by atoms with van der Waals surface area (Å²) < 4.78 is 0. The Bertz CT molecular complexity index is 699. The lowest BCUT2D eigenvalue weighted by Gasteiger charge is -2.14. The van der Waals surface area contributed by atoms with Crippen molar-refractivity contribution >= 4 is 34.8 Å². The number of hydrogen-bond acceptors (Lipinski definition) is 4. The van der Waals surface area contributed by atoms with Gasteiger partial charge in [0.1, 0.15) is 17.5 Å². The zero-order valence-corrected chi connectivity index (χ0v) is 15.3. The lowest BCUT2D eigenvalue weighted by molar-refractivity contribution is 0.748. The van der Waals surface area contributed by atoms with Gasteiger partial charge in [-0.2, -0.15) is 0 Å². The number of aromatic nitrogens is 2. The summed E-state index contributed by atoms with van der Waals surface area (Å²) in [6.45, 7) is 2.67. The summed E-state index contributed by atoms with van der Waals surface area (Å²) in [5.74, 6) is 2.51. The molecule has 0 atom stereocenters. The van der Waals surface area contributed by atoms with Crippen LogP contribution in [0, 0.1) is 6.92 Å². The van der Waals surface area contributed by atoms with Crippen molar-refractivity contribution < 1.29 is 0 Å². The molecule has 1 saturated carbocycles. The molecule has 0 aliphatic heterocycles. The summed E-state index contributed by atoms with van der Waals surface area (Å²) >= 11 is 12.1. The summed E-state index contributed by atoms with van der Waals surface area (Å²) in [6.07, 6.45) is 5.86. The number of hydrogen-bond donors (Lipinski definition) is 2. The Morgan fingerprint density at radius 2 is 1.83 bits per heavy atom. The standard InChI is InChI=1S/C18H22Cl2N4/c1-12-22-17(11-18(23-12)24-15-4-2-3-5-15)21-9-8-13-6-7-14(19)10-16(13)20/h6-7,10-11,15H,2-5,8-9H2,1H3,(H2,21,22,23,24). The summed E-state index contributed by atoms with van der Waals surface area (Å²) in [4.78, 5) is 8.95. The third-order valence-corrected chi connectivity index (χ3v) is 4.85. The van der Waals surface area contributed by atoms with Crippen LogP contribution in [0.4, 0.5) is 11.6 Å². The predicted octanol–water partition coefficient (Wildman–Crippen LogP) is 5.10.